The fraction of sp³-hybridized carbons (Fsp3) is 0.433. The van der Waals surface area contributed by atoms with Crippen molar-refractivity contribution in [2.45, 2.75) is 59.2 Å². The summed E-state index contributed by atoms with van der Waals surface area (Å²) < 4.78 is 30.6. The molecule has 0 aromatic heterocycles. The summed E-state index contributed by atoms with van der Waals surface area (Å²) in [5.74, 6) is -2.21. The van der Waals surface area contributed by atoms with Crippen LogP contribution in [0.5, 0.6) is 17.2 Å². The molecule has 2 aliphatic heterocycles. The maximum Gasteiger partial charge on any atom is 1.00 e. The summed E-state index contributed by atoms with van der Waals surface area (Å²) in [6.45, 7) is 7.13. The van der Waals surface area contributed by atoms with Crippen LogP contribution in [0.15, 0.2) is 36.4 Å². The van der Waals surface area contributed by atoms with Gasteiger partial charge >= 0.3 is 138 Å². The topological polar surface area (TPSA) is 193 Å². The van der Waals surface area contributed by atoms with Gasteiger partial charge < -0.3 is 45.1 Å². The Hall–Kier alpha value is -1.58. The van der Waals surface area contributed by atoms with Crippen molar-refractivity contribution in [3.8, 4) is 17.2 Å². The molecular weight excluding hydrogens is 663 g/mol. The molecular formula is C30H38K2O14. The fourth-order valence-corrected chi connectivity index (χ4v) is 4.20. The standard InChI is InChI=1S/C14H16O6.C14H16O5.CH2O3.CH4.2K.H/c1-3-18-12(16)14(13(17)19-4-2)8-9-5-6-10(15)7-11(9)20-14;1-4-18-13(16)14(12(15)17-3)8-10-6-5-9(2)7-11(10)19-14;2-1-4-3;;;;/h5-7,15H,3-4,8H2,1-2H3;5-7H,4,8H2,1-3H3;1,3H;1H4;;;/q;;;;2*+1;-1/p-1. The quantitative estimate of drug-likeness (QED) is 0.0530. The predicted molar refractivity (Wildman–Crippen MR) is 150 cm³/mol. The molecule has 2 aromatic rings. The third kappa shape index (κ3) is 11.3. The van der Waals surface area contributed by atoms with Gasteiger partial charge in [-0.15, -0.1) is 0 Å². The van der Waals surface area contributed by atoms with Gasteiger partial charge in [-0.2, -0.15) is 0 Å². The van der Waals surface area contributed by atoms with Crippen LogP contribution in [0.1, 0.15) is 46.3 Å². The van der Waals surface area contributed by atoms with E-state index in [1.807, 2.05) is 19.1 Å². The van der Waals surface area contributed by atoms with E-state index in [1.165, 1.54) is 19.2 Å². The Morgan fingerprint density at radius 2 is 1.22 bits per heavy atom. The van der Waals surface area contributed by atoms with E-state index in [0.717, 1.165) is 11.1 Å². The molecule has 0 bridgehead atoms. The number of aromatic hydroxyl groups is 1. The van der Waals surface area contributed by atoms with Gasteiger partial charge in [0.25, 0.3) is 6.47 Å². The molecule has 0 saturated heterocycles. The molecule has 1 N–H and O–H groups in total. The summed E-state index contributed by atoms with van der Waals surface area (Å²) >= 11 is 0. The van der Waals surface area contributed by atoms with Crippen molar-refractivity contribution in [2.24, 2.45) is 0 Å². The second-order valence-corrected chi connectivity index (χ2v) is 8.96. The number of aryl methyl sites for hydroxylation is 1. The van der Waals surface area contributed by atoms with Crippen molar-refractivity contribution in [3.63, 3.8) is 0 Å². The summed E-state index contributed by atoms with van der Waals surface area (Å²) in [6, 6.07) is 9.96. The van der Waals surface area contributed by atoms with Crippen LogP contribution in [0.25, 0.3) is 0 Å². The molecule has 2 aliphatic rings. The van der Waals surface area contributed by atoms with E-state index in [9.17, 15) is 24.3 Å². The van der Waals surface area contributed by atoms with Gasteiger partial charge in [0, 0.05) is 18.9 Å². The second-order valence-electron chi connectivity index (χ2n) is 8.96. The van der Waals surface area contributed by atoms with E-state index in [-0.39, 0.29) is 162 Å². The van der Waals surface area contributed by atoms with Crippen LogP contribution in [0.2, 0.25) is 0 Å². The number of esters is 4. The zero-order valence-corrected chi connectivity index (χ0v) is 32.6. The van der Waals surface area contributed by atoms with E-state index in [2.05, 4.69) is 4.89 Å². The Morgan fingerprint density at radius 3 is 1.61 bits per heavy atom. The number of hydrogen-bond acceptors (Lipinski definition) is 14. The molecule has 2 heterocycles. The van der Waals surface area contributed by atoms with Crippen molar-refractivity contribution < 1.29 is 172 Å². The Bertz CT molecular complexity index is 1320. The SMILES string of the molecule is C.CCOC(=O)C1(C(=O)OC)Cc2ccc(C)cc2O1.CCOC(=O)C1(C(=O)OCC)Cc2ccc(O)cc2O1.O=CO[O-].[H-].[K+].[K+]. The van der Waals surface area contributed by atoms with Crippen LogP contribution in [0.4, 0.5) is 0 Å². The van der Waals surface area contributed by atoms with Crippen LogP contribution < -0.4 is 118 Å². The number of rotatable bonds is 8. The number of benzene rings is 2. The second kappa shape index (κ2) is 22.1. The van der Waals surface area contributed by atoms with E-state index in [4.69, 9.17) is 38.5 Å². The minimum absolute atomic E-state index is 0. The summed E-state index contributed by atoms with van der Waals surface area (Å²) in [5.41, 5.74) is -1.10. The van der Waals surface area contributed by atoms with Gasteiger partial charge in [0.1, 0.15) is 17.2 Å². The van der Waals surface area contributed by atoms with Gasteiger partial charge in [-0.1, -0.05) is 25.6 Å². The van der Waals surface area contributed by atoms with Crippen LogP contribution in [0.3, 0.4) is 0 Å². The normalized spacial score (nSPS) is 15.4. The summed E-state index contributed by atoms with van der Waals surface area (Å²) in [5, 5.41) is 17.9. The first-order valence-corrected chi connectivity index (χ1v) is 13.1. The Kier molecular flexibility index (Phi) is 22.4. The van der Waals surface area contributed by atoms with Crippen molar-refractivity contribution >= 4 is 30.3 Å². The molecule has 14 nitrogen and oxygen atoms in total. The van der Waals surface area contributed by atoms with Crippen LogP contribution >= 0.6 is 0 Å². The largest absolute Gasteiger partial charge is 1.00 e. The van der Waals surface area contributed by atoms with E-state index >= 15 is 0 Å². The Morgan fingerprint density at radius 1 is 0.826 bits per heavy atom. The van der Waals surface area contributed by atoms with Gasteiger partial charge in [-0.25, -0.2) is 19.2 Å². The number of carbonyl (C=O) groups excluding carboxylic acids is 5. The van der Waals surface area contributed by atoms with Gasteiger partial charge in [0.2, 0.25) is 0 Å². The minimum atomic E-state index is -1.82. The first-order chi connectivity index (χ1) is 20.5. The van der Waals surface area contributed by atoms with Crippen molar-refractivity contribution in [2.75, 3.05) is 26.9 Å². The van der Waals surface area contributed by atoms with Crippen molar-refractivity contribution in [3.05, 3.63) is 53.1 Å². The monoisotopic (exact) mass is 700 g/mol. The maximum atomic E-state index is 12.1. The Labute approximate surface area is 354 Å². The zero-order chi connectivity index (χ0) is 32.2. The van der Waals surface area contributed by atoms with Crippen molar-refractivity contribution in [1.82, 2.24) is 0 Å². The van der Waals surface area contributed by atoms with Crippen LogP contribution in [-0.2, 0) is 60.6 Å². The van der Waals surface area contributed by atoms with Crippen LogP contribution in [0, 0.1) is 6.92 Å². The smallest absolute Gasteiger partial charge is 1.00 e. The number of hydrogen-bond donors (Lipinski definition) is 1. The molecule has 0 aliphatic carbocycles. The summed E-state index contributed by atoms with van der Waals surface area (Å²) in [4.78, 5) is 59.5. The van der Waals surface area contributed by atoms with Crippen LogP contribution in [-0.4, -0.2) is 73.6 Å². The first kappa shape index (κ1) is 46.5. The molecule has 2 aromatic carbocycles. The maximum absolute atomic E-state index is 12.1. The van der Waals surface area contributed by atoms with E-state index < -0.39 is 35.1 Å². The number of phenolic OH excluding ortho intramolecular Hbond substituents is 1. The third-order valence-corrected chi connectivity index (χ3v) is 6.09. The third-order valence-electron chi connectivity index (χ3n) is 6.09. The van der Waals surface area contributed by atoms with Gasteiger partial charge in [-0.3, -0.25) is 4.79 Å². The first-order valence-electron chi connectivity index (χ1n) is 13.1. The molecule has 244 valence electrons. The number of methoxy groups -OCH3 is 1. The average Bonchev–Trinajstić information content (AvgIpc) is 3.57. The summed E-state index contributed by atoms with van der Waals surface area (Å²) in [6.07, 6.45) is 0.161. The number of fused-ring (bicyclic) bond motifs is 2. The number of ether oxygens (including phenoxy) is 6. The molecule has 0 amide bonds. The van der Waals surface area contributed by atoms with Crippen molar-refractivity contribution in [1.29, 1.82) is 0 Å². The Balaban J connectivity index is -0.000000687. The molecule has 0 spiro atoms. The molecule has 4 rings (SSSR count). The molecule has 1 atom stereocenters. The van der Waals surface area contributed by atoms with E-state index in [1.54, 1.807) is 32.9 Å². The molecule has 46 heavy (non-hydrogen) atoms. The molecule has 0 fully saturated rings. The number of carbonyl (C=O) groups is 5. The van der Waals surface area contributed by atoms with E-state index in [0.29, 0.717) is 11.3 Å². The molecule has 16 heteroatoms. The fourth-order valence-electron chi connectivity index (χ4n) is 4.20. The molecule has 1 unspecified atom stereocenters. The average molecular weight is 701 g/mol. The predicted octanol–water partition coefficient (Wildman–Crippen LogP) is -4.21. The molecule has 0 radical (unpaired) electrons. The number of phenols is 1. The molecule has 0 saturated carbocycles. The van der Waals surface area contributed by atoms with Gasteiger partial charge in [0.15, 0.2) is 0 Å². The summed E-state index contributed by atoms with van der Waals surface area (Å²) in [7, 11) is 1.22. The van der Waals surface area contributed by atoms with Gasteiger partial charge in [-0.05, 0) is 56.5 Å². The zero-order valence-electron chi connectivity index (χ0n) is 27.3. The van der Waals surface area contributed by atoms with Gasteiger partial charge in [0.05, 0.1) is 26.9 Å². The minimum Gasteiger partial charge on any atom is -1.00 e.